The molecule has 18 heavy (non-hydrogen) atoms. The molecule has 0 amide bonds. The van der Waals surface area contributed by atoms with Crippen molar-refractivity contribution in [2.45, 2.75) is 38.6 Å². The van der Waals surface area contributed by atoms with Gasteiger partial charge in [-0.2, -0.15) is 0 Å². The van der Waals surface area contributed by atoms with E-state index < -0.39 is 0 Å². The number of hydrogen-bond acceptors (Lipinski definition) is 2. The van der Waals surface area contributed by atoms with Crippen LogP contribution in [0.3, 0.4) is 0 Å². The summed E-state index contributed by atoms with van der Waals surface area (Å²) < 4.78 is 13.9. The third-order valence-electron chi connectivity index (χ3n) is 3.79. The zero-order chi connectivity index (χ0) is 12.7. The highest BCUT2D eigenvalue weighted by atomic mass is 19.1. The molecule has 2 aliphatic rings. The second-order valence-corrected chi connectivity index (χ2v) is 5.52. The lowest BCUT2D eigenvalue weighted by Crippen LogP contribution is -2.29. The Hall–Kier alpha value is -1.38. The predicted octanol–water partition coefficient (Wildman–Crippen LogP) is 3.41. The van der Waals surface area contributed by atoms with E-state index in [2.05, 4.69) is 4.90 Å². The first-order valence-electron chi connectivity index (χ1n) is 6.73. The van der Waals surface area contributed by atoms with Crippen LogP contribution in [0.4, 0.5) is 10.1 Å². The molecule has 2 nitrogen and oxygen atoms in total. The Morgan fingerprint density at radius 2 is 2.06 bits per heavy atom. The molecule has 0 radical (unpaired) electrons. The lowest BCUT2D eigenvalue weighted by atomic mass is 10.1. The fourth-order valence-corrected chi connectivity index (χ4v) is 2.51. The zero-order valence-electron chi connectivity index (χ0n) is 10.7. The maximum atomic E-state index is 13.9. The van der Waals surface area contributed by atoms with Gasteiger partial charge in [0.2, 0.25) is 0 Å². The fourth-order valence-electron chi connectivity index (χ4n) is 2.51. The monoisotopic (exact) mass is 247 g/mol. The second-order valence-electron chi connectivity index (χ2n) is 5.52. The topological polar surface area (TPSA) is 20.3 Å². The molecule has 0 N–H and O–H groups in total. The maximum absolute atomic E-state index is 13.9. The van der Waals surface area contributed by atoms with Crippen LogP contribution in [0.1, 0.15) is 43.0 Å². The Balaban J connectivity index is 1.96. The molecular weight excluding hydrogens is 229 g/mol. The van der Waals surface area contributed by atoms with Crippen molar-refractivity contribution in [3.8, 4) is 0 Å². The van der Waals surface area contributed by atoms with Gasteiger partial charge in [-0.3, -0.25) is 4.79 Å². The minimum atomic E-state index is -0.388. The Labute approximate surface area is 107 Å². The van der Waals surface area contributed by atoms with Gasteiger partial charge >= 0.3 is 0 Å². The second kappa shape index (κ2) is 4.38. The highest BCUT2D eigenvalue weighted by Crippen LogP contribution is 2.39. The molecule has 3 heteroatoms. The van der Waals surface area contributed by atoms with E-state index in [9.17, 15) is 9.18 Å². The van der Waals surface area contributed by atoms with E-state index in [1.807, 2.05) is 6.07 Å². The standard InChI is InChI=1S/C15H18FNO/c1-10(18)15-13(16)3-2-4-14(15)17(12-7-8-12)9-11-5-6-11/h2-4,11-12H,5-9H2,1H3. The largest absolute Gasteiger partial charge is 0.368 e. The van der Waals surface area contributed by atoms with Crippen molar-refractivity contribution >= 4 is 11.5 Å². The third-order valence-corrected chi connectivity index (χ3v) is 3.79. The summed E-state index contributed by atoms with van der Waals surface area (Å²) in [5.41, 5.74) is 1.07. The van der Waals surface area contributed by atoms with E-state index in [-0.39, 0.29) is 17.2 Å². The van der Waals surface area contributed by atoms with Gasteiger partial charge in [-0.15, -0.1) is 0 Å². The zero-order valence-corrected chi connectivity index (χ0v) is 10.7. The summed E-state index contributed by atoms with van der Waals surface area (Å²) in [6.07, 6.45) is 4.88. The summed E-state index contributed by atoms with van der Waals surface area (Å²) in [6.45, 7) is 2.43. The molecule has 0 saturated heterocycles. The van der Waals surface area contributed by atoms with Crippen molar-refractivity contribution in [2.24, 2.45) is 5.92 Å². The molecule has 0 bridgehead atoms. The van der Waals surface area contributed by atoms with E-state index in [0.717, 1.165) is 18.2 Å². The van der Waals surface area contributed by atoms with Gasteiger partial charge in [-0.05, 0) is 50.7 Å². The molecule has 2 saturated carbocycles. The predicted molar refractivity (Wildman–Crippen MR) is 69.5 cm³/mol. The van der Waals surface area contributed by atoms with Gasteiger partial charge in [0.1, 0.15) is 5.82 Å². The summed E-state index contributed by atoms with van der Waals surface area (Å²) in [6, 6.07) is 5.49. The van der Waals surface area contributed by atoms with Crippen LogP contribution in [-0.4, -0.2) is 18.4 Å². The lowest BCUT2D eigenvalue weighted by Gasteiger charge is -2.26. The van der Waals surface area contributed by atoms with Gasteiger partial charge in [0, 0.05) is 12.6 Å². The molecule has 1 aromatic carbocycles. The average Bonchev–Trinajstić information content (AvgIpc) is 3.17. The van der Waals surface area contributed by atoms with Gasteiger partial charge in [-0.25, -0.2) is 4.39 Å². The van der Waals surface area contributed by atoms with Crippen LogP contribution in [0, 0.1) is 11.7 Å². The first kappa shape index (κ1) is 11.7. The van der Waals surface area contributed by atoms with Gasteiger partial charge < -0.3 is 4.90 Å². The number of carbonyl (C=O) groups excluding carboxylic acids is 1. The summed E-state index contributed by atoms with van der Waals surface area (Å²) >= 11 is 0. The number of nitrogens with zero attached hydrogens (tertiary/aromatic N) is 1. The first-order valence-corrected chi connectivity index (χ1v) is 6.73. The molecule has 96 valence electrons. The molecule has 2 aliphatic carbocycles. The number of anilines is 1. The Bertz CT molecular complexity index is 477. The van der Waals surface area contributed by atoms with Gasteiger partial charge in [-0.1, -0.05) is 6.07 Å². The van der Waals surface area contributed by atoms with E-state index in [1.54, 1.807) is 6.07 Å². The van der Waals surface area contributed by atoms with Crippen LogP contribution >= 0.6 is 0 Å². The first-order chi connectivity index (χ1) is 8.66. The van der Waals surface area contributed by atoms with E-state index in [1.165, 1.54) is 38.7 Å². The molecule has 1 aromatic rings. The number of ketones is 1. The number of rotatable bonds is 5. The van der Waals surface area contributed by atoms with Crippen molar-refractivity contribution in [1.29, 1.82) is 0 Å². The number of Topliss-reactive ketones (excluding diaryl/α,β-unsaturated/α-hetero) is 1. The smallest absolute Gasteiger partial charge is 0.164 e. The molecule has 2 fully saturated rings. The van der Waals surface area contributed by atoms with Crippen molar-refractivity contribution in [1.82, 2.24) is 0 Å². The summed E-state index contributed by atoms with van der Waals surface area (Å²) in [5, 5.41) is 0. The lowest BCUT2D eigenvalue weighted by molar-refractivity contribution is 0.101. The molecule has 0 aromatic heterocycles. The van der Waals surface area contributed by atoms with Crippen LogP contribution in [0.2, 0.25) is 0 Å². The van der Waals surface area contributed by atoms with Crippen LogP contribution in [0.5, 0.6) is 0 Å². The van der Waals surface area contributed by atoms with E-state index in [0.29, 0.717) is 6.04 Å². The number of benzene rings is 1. The summed E-state index contributed by atoms with van der Waals surface area (Å²) in [5.74, 6) is 0.180. The average molecular weight is 247 g/mol. The Kier molecular flexibility index (Phi) is 2.84. The van der Waals surface area contributed by atoms with Crippen molar-refractivity contribution in [3.63, 3.8) is 0 Å². The normalized spacial score (nSPS) is 18.8. The summed E-state index contributed by atoms with van der Waals surface area (Å²) in [4.78, 5) is 13.9. The van der Waals surface area contributed by atoms with E-state index >= 15 is 0 Å². The quantitative estimate of drug-likeness (QED) is 0.743. The van der Waals surface area contributed by atoms with Gasteiger partial charge in [0.25, 0.3) is 0 Å². The van der Waals surface area contributed by atoms with Crippen LogP contribution < -0.4 is 4.90 Å². The molecule has 0 spiro atoms. The highest BCUT2D eigenvalue weighted by molar-refractivity contribution is 6.00. The minimum absolute atomic E-state index is 0.176. The molecule has 0 aliphatic heterocycles. The number of halogens is 1. The van der Waals surface area contributed by atoms with Crippen LogP contribution in [0.25, 0.3) is 0 Å². The SMILES string of the molecule is CC(=O)c1c(F)cccc1N(CC1CC1)C1CC1. The van der Waals surface area contributed by atoms with Gasteiger partial charge in [0.05, 0.1) is 11.3 Å². The Morgan fingerprint density at radius 1 is 1.33 bits per heavy atom. The Morgan fingerprint density at radius 3 is 2.61 bits per heavy atom. The number of hydrogen-bond donors (Lipinski definition) is 0. The summed E-state index contributed by atoms with van der Waals surface area (Å²) in [7, 11) is 0. The maximum Gasteiger partial charge on any atom is 0.164 e. The third kappa shape index (κ3) is 2.26. The number of carbonyl (C=O) groups is 1. The molecular formula is C15H18FNO. The molecule has 0 heterocycles. The molecule has 0 unspecified atom stereocenters. The van der Waals surface area contributed by atoms with Crippen molar-refractivity contribution in [2.75, 3.05) is 11.4 Å². The van der Waals surface area contributed by atoms with Crippen molar-refractivity contribution < 1.29 is 9.18 Å². The van der Waals surface area contributed by atoms with Crippen LogP contribution in [-0.2, 0) is 0 Å². The van der Waals surface area contributed by atoms with E-state index in [4.69, 9.17) is 0 Å². The fraction of sp³-hybridized carbons (Fsp3) is 0.533. The molecule has 0 atom stereocenters. The van der Waals surface area contributed by atoms with Crippen molar-refractivity contribution in [3.05, 3.63) is 29.6 Å². The van der Waals surface area contributed by atoms with Gasteiger partial charge in [0.15, 0.2) is 5.78 Å². The highest BCUT2D eigenvalue weighted by Gasteiger charge is 2.35. The van der Waals surface area contributed by atoms with Crippen LogP contribution in [0.15, 0.2) is 18.2 Å². The minimum Gasteiger partial charge on any atom is -0.368 e. The molecule has 3 rings (SSSR count).